The molecule has 0 fully saturated rings. The lowest BCUT2D eigenvalue weighted by atomic mass is 10.4. The summed E-state index contributed by atoms with van der Waals surface area (Å²) in [6.07, 6.45) is 1.79. The normalized spacial score (nSPS) is 11.5. The van der Waals surface area contributed by atoms with Crippen LogP contribution in [0, 0.1) is 6.92 Å². The van der Waals surface area contributed by atoms with Crippen LogP contribution in [0.25, 0.3) is 0 Å². The van der Waals surface area contributed by atoms with Crippen molar-refractivity contribution in [2.24, 2.45) is 0 Å². The predicted molar refractivity (Wildman–Crippen MR) is 46.6 cm³/mol. The first-order valence-corrected chi connectivity index (χ1v) is 5.00. The first-order valence-electron chi connectivity index (χ1n) is 3.56. The summed E-state index contributed by atoms with van der Waals surface area (Å²) < 4.78 is 57.5. The molecule has 4 nitrogen and oxygen atoms in total. The molecule has 1 rings (SSSR count). The summed E-state index contributed by atoms with van der Waals surface area (Å²) in [7, 11) is -5.84. The zero-order valence-corrected chi connectivity index (χ0v) is 8.38. The highest BCUT2D eigenvalue weighted by molar-refractivity contribution is 7.86. The van der Waals surface area contributed by atoms with E-state index < -0.39 is 15.6 Å². The van der Waals surface area contributed by atoms with Crippen LogP contribution >= 0.6 is 0 Å². The van der Waals surface area contributed by atoms with E-state index in [0.29, 0.717) is 0 Å². The van der Waals surface area contributed by atoms with E-state index in [1.165, 1.54) is 0 Å². The first-order chi connectivity index (χ1) is 6.64. The molecule has 0 atom stereocenters. The van der Waals surface area contributed by atoms with Gasteiger partial charge in [0.05, 0.1) is 0 Å². The lowest BCUT2D eigenvalue weighted by Crippen LogP contribution is -2.21. The lowest BCUT2D eigenvalue weighted by molar-refractivity contribution is -0.0510. The number of hydrogen-bond donors (Lipinski definition) is 1. The molecule has 1 aromatic heterocycles. The number of aryl methyl sites for hydroxylation is 1. The van der Waals surface area contributed by atoms with Crippen molar-refractivity contribution in [3.8, 4) is 0 Å². The number of aromatic nitrogens is 1. The summed E-state index contributed by atoms with van der Waals surface area (Å²) in [5.74, 6) is 0. The van der Waals surface area contributed by atoms with Crippen molar-refractivity contribution in [1.29, 1.82) is 0 Å². The van der Waals surface area contributed by atoms with Gasteiger partial charge in [0.2, 0.25) is 0 Å². The van der Waals surface area contributed by atoms with Gasteiger partial charge in [0.25, 0.3) is 0 Å². The Morgan fingerprint density at radius 1 is 1.33 bits per heavy atom. The molecule has 15 heavy (non-hydrogen) atoms. The van der Waals surface area contributed by atoms with Gasteiger partial charge in [-0.2, -0.15) is 21.6 Å². The van der Waals surface area contributed by atoms with Gasteiger partial charge in [-0.1, -0.05) is 6.07 Å². The Balaban J connectivity index is 0.000000262. The Hall–Kier alpha value is -1.15. The molecule has 0 aliphatic rings. The van der Waals surface area contributed by atoms with E-state index in [0.717, 1.165) is 5.69 Å². The molecule has 0 spiro atoms. The SMILES string of the molecule is Cc1ccccn1.O=S(=O)(O)C(F)(F)F. The molecule has 86 valence electrons. The Labute approximate surface area is 84.5 Å². The maximum atomic E-state index is 10.7. The van der Waals surface area contributed by atoms with Gasteiger partial charge < -0.3 is 0 Å². The lowest BCUT2D eigenvalue weighted by Gasteiger charge is -1.97. The van der Waals surface area contributed by atoms with Gasteiger partial charge in [-0.25, -0.2) is 0 Å². The fourth-order valence-corrected chi connectivity index (χ4v) is 0.448. The van der Waals surface area contributed by atoms with Gasteiger partial charge in [0.15, 0.2) is 0 Å². The van der Waals surface area contributed by atoms with E-state index >= 15 is 0 Å². The van der Waals surface area contributed by atoms with Crippen LogP contribution in [0.5, 0.6) is 0 Å². The van der Waals surface area contributed by atoms with E-state index in [9.17, 15) is 13.2 Å². The third-order valence-electron chi connectivity index (χ3n) is 1.11. The second-order valence-corrected chi connectivity index (χ2v) is 3.80. The van der Waals surface area contributed by atoms with Gasteiger partial charge >= 0.3 is 15.6 Å². The summed E-state index contributed by atoms with van der Waals surface area (Å²) in [4.78, 5) is 3.98. The smallest absolute Gasteiger partial charge is 0.279 e. The number of hydrogen-bond acceptors (Lipinski definition) is 3. The molecule has 0 saturated carbocycles. The standard InChI is InChI=1S/C6H7N.CHF3O3S/c1-6-4-2-3-5-7-6;2-1(3,4)8(5,6)7/h2-5H,1H3;(H,5,6,7). The van der Waals surface area contributed by atoms with Gasteiger partial charge in [-0.05, 0) is 19.1 Å². The number of pyridine rings is 1. The molecule has 0 bridgehead atoms. The van der Waals surface area contributed by atoms with E-state index in [2.05, 4.69) is 4.98 Å². The summed E-state index contributed by atoms with van der Waals surface area (Å²) in [6.45, 7) is 1.97. The third-order valence-corrected chi connectivity index (χ3v) is 1.69. The van der Waals surface area contributed by atoms with Crippen LogP contribution in [-0.4, -0.2) is 23.5 Å². The second kappa shape index (κ2) is 5.08. The monoisotopic (exact) mass is 243 g/mol. The minimum absolute atomic E-state index is 1.07. The predicted octanol–water partition coefficient (Wildman–Crippen LogP) is 1.78. The molecule has 0 radical (unpaired) electrons. The maximum Gasteiger partial charge on any atom is 0.522 e. The van der Waals surface area contributed by atoms with Crippen molar-refractivity contribution in [2.75, 3.05) is 0 Å². The summed E-state index contributed by atoms with van der Waals surface area (Å²) in [5, 5.41) is 0. The Bertz CT molecular complexity index is 388. The van der Waals surface area contributed by atoms with Crippen molar-refractivity contribution in [2.45, 2.75) is 12.4 Å². The number of nitrogens with zero attached hydrogens (tertiary/aromatic N) is 1. The average Bonchev–Trinajstić information content (AvgIpc) is 2.02. The van der Waals surface area contributed by atoms with Crippen molar-refractivity contribution in [3.63, 3.8) is 0 Å². The first kappa shape index (κ1) is 13.8. The highest BCUT2D eigenvalue weighted by Gasteiger charge is 2.44. The van der Waals surface area contributed by atoms with Crippen LogP contribution in [0.4, 0.5) is 13.2 Å². The molecule has 0 aromatic carbocycles. The highest BCUT2D eigenvalue weighted by Crippen LogP contribution is 2.20. The number of rotatable bonds is 0. The van der Waals surface area contributed by atoms with E-state index in [1.807, 2.05) is 25.1 Å². The summed E-state index contributed by atoms with van der Waals surface area (Å²) in [5.41, 5.74) is -4.46. The minimum Gasteiger partial charge on any atom is -0.279 e. The molecule has 1 N–H and O–H groups in total. The van der Waals surface area contributed by atoms with E-state index in [1.54, 1.807) is 6.20 Å². The van der Waals surface area contributed by atoms with Gasteiger partial charge in [-0.15, -0.1) is 0 Å². The van der Waals surface area contributed by atoms with Crippen molar-refractivity contribution >= 4 is 10.1 Å². The van der Waals surface area contributed by atoms with Gasteiger partial charge in [-0.3, -0.25) is 9.54 Å². The summed E-state index contributed by atoms with van der Waals surface area (Å²) in [6, 6.07) is 5.86. The average molecular weight is 243 g/mol. The molecule has 0 aliphatic carbocycles. The molecule has 8 heteroatoms. The van der Waals surface area contributed by atoms with Crippen LogP contribution in [0.1, 0.15) is 5.69 Å². The zero-order chi connectivity index (χ0) is 12.1. The molecule has 0 saturated heterocycles. The zero-order valence-electron chi connectivity index (χ0n) is 7.56. The third kappa shape index (κ3) is 6.02. The Kier molecular flexibility index (Phi) is 4.69. The topological polar surface area (TPSA) is 67.3 Å². The highest BCUT2D eigenvalue weighted by atomic mass is 32.2. The van der Waals surface area contributed by atoms with Gasteiger partial charge in [0, 0.05) is 11.9 Å². The number of halogens is 3. The molecule has 0 amide bonds. The summed E-state index contributed by atoms with van der Waals surface area (Å²) >= 11 is 0. The van der Waals surface area contributed by atoms with E-state index in [4.69, 9.17) is 13.0 Å². The van der Waals surface area contributed by atoms with Crippen LogP contribution in [0.15, 0.2) is 24.4 Å². The van der Waals surface area contributed by atoms with E-state index in [-0.39, 0.29) is 0 Å². The fourth-order valence-electron chi connectivity index (χ4n) is 0.448. The minimum atomic E-state index is -5.84. The van der Waals surface area contributed by atoms with Crippen molar-refractivity contribution in [1.82, 2.24) is 4.98 Å². The van der Waals surface area contributed by atoms with Crippen LogP contribution in [0.2, 0.25) is 0 Å². The quantitative estimate of drug-likeness (QED) is 0.557. The number of alkyl halides is 3. The fraction of sp³-hybridized carbons (Fsp3) is 0.286. The van der Waals surface area contributed by atoms with Crippen molar-refractivity contribution in [3.05, 3.63) is 30.1 Å². The second-order valence-electron chi connectivity index (χ2n) is 2.39. The van der Waals surface area contributed by atoms with Crippen LogP contribution < -0.4 is 0 Å². The largest absolute Gasteiger partial charge is 0.522 e. The molecule has 1 aromatic rings. The Morgan fingerprint density at radius 2 is 1.80 bits per heavy atom. The molecule has 0 unspecified atom stereocenters. The molecular formula is C7H8F3NO3S. The van der Waals surface area contributed by atoms with Gasteiger partial charge in [0.1, 0.15) is 0 Å². The van der Waals surface area contributed by atoms with Crippen LogP contribution in [0.3, 0.4) is 0 Å². The maximum absolute atomic E-state index is 10.7. The molecular weight excluding hydrogens is 235 g/mol. The molecule has 1 heterocycles. The Morgan fingerprint density at radius 3 is 1.93 bits per heavy atom. The van der Waals surface area contributed by atoms with Crippen LogP contribution in [-0.2, 0) is 10.1 Å². The van der Waals surface area contributed by atoms with Crippen molar-refractivity contribution < 1.29 is 26.1 Å². The molecule has 0 aliphatic heterocycles.